The van der Waals surface area contributed by atoms with E-state index in [1.54, 1.807) is 4.57 Å². The molecule has 0 atom stereocenters. The zero-order chi connectivity index (χ0) is 18.0. The lowest BCUT2D eigenvalue weighted by Gasteiger charge is -2.30. The molecule has 0 bridgehead atoms. The standard InChI is InChI=1S/C16H23F3N4O2/c17-16(18,19)13-11-23(10-9-21-5-1-2-6-21)14(20-13)12-3-7-22(8-4-12)15(24)25/h11-12H,1-10H2,(H,24,25). The number of piperidine rings is 1. The molecule has 2 saturated heterocycles. The number of nitrogens with zero attached hydrogens (tertiary/aromatic N) is 4. The number of rotatable bonds is 4. The third-order valence-electron chi connectivity index (χ3n) is 5.08. The molecule has 3 rings (SSSR count). The smallest absolute Gasteiger partial charge is 0.434 e. The van der Waals surface area contributed by atoms with Crippen molar-refractivity contribution in [3.8, 4) is 0 Å². The maximum Gasteiger partial charge on any atom is 0.434 e. The number of likely N-dealkylation sites (tertiary alicyclic amines) is 2. The Balaban J connectivity index is 1.74. The lowest BCUT2D eigenvalue weighted by Crippen LogP contribution is -2.37. The fourth-order valence-electron chi connectivity index (χ4n) is 3.66. The van der Waals surface area contributed by atoms with Gasteiger partial charge in [-0.05, 0) is 38.8 Å². The molecule has 9 heteroatoms. The van der Waals surface area contributed by atoms with Gasteiger partial charge in [-0.1, -0.05) is 0 Å². The topological polar surface area (TPSA) is 61.6 Å². The van der Waals surface area contributed by atoms with Crippen LogP contribution in [0, 0.1) is 0 Å². The van der Waals surface area contributed by atoms with E-state index < -0.39 is 18.0 Å². The molecule has 2 aliphatic heterocycles. The van der Waals surface area contributed by atoms with Gasteiger partial charge < -0.3 is 19.5 Å². The molecule has 1 amide bonds. The van der Waals surface area contributed by atoms with Crippen LogP contribution in [0.5, 0.6) is 0 Å². The Bertz CT molecular complexity index is 603. The summed E-state index contributed by atoms with van der Waals surface area (Å²) < 4.78 is 40.9. The molecule has 2 aliphatic rings. The van der Waals surface area contributed by atoms with Crippen LogP contribution in [0.15, 0.2) is 6.20 Å². The normalized spacial score (nSPS) is 20.4. The van der Waals surface area contributed by atoms with Gasteiger partial charge in [-0.2, -0.15) is 13.2 Å². The molecule has 25 heavy (non-hydrogen) atoms. The predicted octanol–water partition coefficient (Wildman–Crippen LogP) is 2.86. The van der Waals surface area contributed by atoms with Crippen molar-refractivity contribution in [2.24, 2.45) is 0 Å². The highest BCUT2D eigenvalue weighted by Crippen LogP contribution is 2.33. The molecule has 2 fully saturated rings. The minimum Gasteiger partial charge on any atom is -0.465 e. The molecular formula is C16H23F3N4O2. The van der Waals surface area contributed by atoms with Crippen LogP contribution in [0.2, 0.25) is 0 Å². The second-order valence-electron chi connectivity index (χ2n) is 6.77. The van der Waals surface area contributed by atoms with E-state index in [4.69, 9.17) is 5.11 Å². The molecule has 0 aliphatic carbocycles. The number of imidazole rings is 1. The Kier molecular flexibility index (Phi) is 5.21. The summed E-state index contributed by atoms with van der Waals surface area (Å²) in [7, 11) is 0. The van der Waals surface area contributed by atoms with Gasteiger partial charge in [0.25, 0.3) is 0 Å². The largest absolute Gasteiger partial charge is 0.465 e. The number of halogens is 3. The van der Waals surface area contributed by atoms with Crippen LogP contribution in [0.4, 0.5) is 18.0 Å². The zero-order valence-corrected chi connectivity index (χ0v) is 14.0. The van der Waals surface area contributed by atoms with Crippen LogP contribution in [0.3, 0.4) is 0 Å². The first kappa shape index (κ1) is 18.0. The third kappa shape index (κ3) is 4.26. The average molecular weight is 360 g/mol. The highest BCUT2D eigenvalue weighted by molar-refractivity contribution is 5.65. The molecular weight excluding hydrogens is 337 g/mol. The van der Waals surface area contributed by atoms with E-state index in [0.717, 1.165) is 32.1 Å². The SMILES string of the molecule is O=C(O)N1CCC(c2nc(C(F)(F)F)cn2CCN2CCCC2)CC1. The second kappa shape index (κ2) is 7.23. The summed E-state index contributed by atoms with van der Waals surface area (Å²) in [6, 6.07) is 0. The number of hydrogen-bond acceptors (Lipinski definition) is 3. The van der Waals surface area contributed by atoms with Crippen LogP contribution < -0.4 is 0 Å². The van der Waals surface area contributed by atoms with E-state index in [1.165, 1.54) is 4.90 Å². The predicted molar refractivity (Wildman–Crippen MR) is 84.5 cm³/mol. The van der Waals surface area contributed by atoms with Gasteiger partial charge in [-0.25, -0.2) is 9.78 Å². The minimum absolute atomic E-state index is 0.134. The first-order valence-electron chi connectivity index (χ1n) is 8.69. The van der Waals surface area contributed by atoms with Gasteiger partial charge in [0.05, 0.1) is 0 Å². The maximum atomic E-state index is 13.1. The van der Waals surface area contributed by atoms with Crippen LogP contribution >= 0.6 is 0 Å². The Hall–Kier alpha value is -1.77. The van der Waals surface area contributed by atoms with Crippen molar-refractivity contribution in [2.75, 3.05) is 32.7 Å². The maximum absolute atomic E-state index is 13.1. The van der Waals surface area contributed by atoms with Crippen LogP contribution in [-0.4, -0.2) is 63.3 Å². The van der Waals surface area contributed by atoms with Crippen molar-refractivity contribution in [3.05, 3.63) is 17.7 Å². The fourth-order valence-corrected chi connectivity index (χ4v) is 3.66. The molecule has 1 N–H and O–H groups in total. The molecule has 140 valence electrons. The van der Waals surface area contributed by atoms with Crippen LogP contribution in [0.1, 0.15) is 43.1 Å². The molecule has 0 unspecified atom stereocenters. The number of carboxylic acid groups (broad SMARTS) is 1. The summed E-state index contributed by atoms with van der Waals surface area (Å²) in [5.74, 6) is 0.307. The summed E-state index contributed by atoms with van der Waals surface area (Å²) in [6.45, 7) is 3.85. The Labute approximate surface area is 144 Å². The molecule has 1 aromatic heterocycles. The summed E-state index contributed by atoms with van der Waals surface area (Å²) in [5.41, 5.74) is -0.857. The summed E-state index contributed by atoms with van der Waals surface area (Å²) in [5, 5.41) is 9.02. The lowest BCUT2D eigenvalue weighted by atomic mass is 9.96. The number of alkyl halides is 3. The number of hydrogen-bond donors (Lipinski definition) is 1. The monoisotopic (exact) mass is 360 g/mol. The summed E-state index contributed by atoms with van der Waals surface area (Å²) in [4.78, 5) is 18.4. The molecule has 0 saturated carbocycles. The first-order chi connectivity index (χ1) is 11.8. The van der Waals surface area contributed by atoms with E-state index in [0.29, 0.717) is 44.8 Å². The Morgan fingerprint density at radius 2 is 1.80 bits per heavy atom. The van der Waals surface area contributed by atoms with Gasteiger partial charge in [-0.15, -0.1) is 0 Å². The second-order valence-corrected chi connectivity index (χ2v) is 6.77. The summed E-state index contributed by atoms with van der Waals surface area (Å²) in [6.07, 6.45) is -1.05. The van der Waals surface area contributed by atoms with Gasteiger partial charge in [0.15, 0.2) is 5.69 Å². The highest BCUT2D eigenvalue weighted by atomic mass is 19.4. The van der Waals surface area contributed by atoms with Gasteiger partial charge in [0.2, 0.25) is 0 Å². The van der Waals surface area contributed by atoms with Gasteiger partial charge in [0.1, 0.15) is 5.82 Å². The molecule has 0 spiro atoms. The Morgan fingerprint density at radius 3 is 2.36 bits per heavy atom. The van der Waals surface area contributed by atoms with E-state index in [9.17, 15) is 18.0 Å². The number of aromatic nitrogens is 2. The Morgan fingerprint density at radius 1 is 1.16 bits per heavy atom. The summed E-state index contributed by atoms with van der Waals surface area (Å²) >= 11 is 0. The van der Waals surface area contributed by atoms with Crippen molar-refractivity contribution < 1.29 is 23.1 Å². The van der Waals surface area contributed by atoms with Crippen molar-refractivity contribution >= 4 is 6.09 Å². The number of amides is 1. The first-order valence-corrected chi connectivity index (χ1v) is 8.69. The van der Waals surface area contributed by atoms with Crippen LogP contribution in [0.25, 0.3) is 0 Å². The fraction of sp³-hybridized carbons (Fsp3) is 0.750. The van der Waals surface area contributed by atoms with Crippen molar-refractivity contribution in [1.29, 1.82) is 0 Å². The number of carbonyl (C=O) groups is 1. The van der Waals surface area contributed by atoms with Crippen molar-refractivity contribution in [1.82, 2.24) is 19.4 Å². The average Bonchev–Trinajstić information content (AvgIpc) is 3.22. The van der Waals surface area contributed by atoms with Gasteiger partial charge in [-0.3, -0.25) is 0 Å². The molecule has 6 nitrogen and oxygen atoms in total. The molecule has 1 aromatic rings. The van der Waals surface area contributed by atoms with E-state index >= 15 is 0 Å². The van der Waals surface area contributed by atoms with Gasteiger partial charge >= 0.3 is 12.3 Å². The van der Waals surface area contributed by atoms with E-state index in [-0.39, 0.29) is 5.92 Å². The van der Waals surface area contributed by atoms with E-state index in [2.05, 4.69) is 9.88 Å². The lowest BCUT2D eigenvalue weighted by molar-refractivity contribution is -0.141. The van der Waals surface area contributed by atoms with Crippen molar-refractivity contribution in [2.45, 2.75) is 44.3 Å². The van der Waals surface area contributed by atoms with Crippen molar-refractivity contribution in [3.63, 3.8) is 0 Å². The molecule has 0 aromatic carbocycles. The molecule has 0 radical (unpaired) electrons. The van der Waals surface area contributed by atoms with Gasteiger partial charge in [0, 0.05) is 38.3 Å². The highest BCUT2D eigenvalue weighted by Gasteiger charge is 2.36. The third-order valence-corrected chi connectivity index (χ3v) is 5.08. The van der Waals surface area contributed by atoms with Crippen LogP contribution in [-0.2, 0) is 12.7 Å². The zero-order valence-electron chi connectivity index (χ0n) is 14.0. The molecule has 3 heterocycles. The van der Waals surface area contributed by atoms with E-state index in [1.807, 2.05) is 0 Å². The quantitative estimate of drug-likeness (QED) is 0.897. The minimum atomic E-state index is -4.46.